The van der Waals surface area contributed by atoms with Gasteiger partial charge in [-0.3, -0.25) is 9.59 Å². The minimum atomic E-state index is -0.311. The highest BCUT2D eigenvalue weighted by molar-refractivity contribution is 7.19. The zero-order valence-electron chi connectivity index (χ0n) is 13.0. The molecule has 0 fully saturated rings. The predicted molar refractivity (Wildman–Crippen MR) is 92.9 cm³/mol. The third-order valence-electron chi connectivity index (χ3n) is 3.32. The summed E-state index contributed by atoms with van der Waals surface area (Å²) in [4.78, 5) is 34.0. The second kappa shape index (κ2) is 6.25. The van der Waals surface area contributed by atoms with Crippen LogP contribution in [0.4, 0.5) is 0 Å². The normalized spacial score (nSPS) is 11.3. The van der Waals surface area contributed by atoms with Crippen molar-refractivity contribution in [3.63, 3.8) is 0 Å². The molecule has 0 aliphatic heterocycles. The highest BCUT2D eigenvalue weighted by Crippen LogP contribution is 2.34. The SMILES string of the molecule is Cc1ccc(-c2csc3nc(COC(=O)C(C)C)[nH]c(=O)c23)s1. The Morgan fingerprint density at radius 3 is 2.83 bits per heavy atom. The van der Waals surface area contributed by atoms with Crippen LogP contribution in [-0.4, -0.2) is 15.9 Å². The van der Waals surface area contributed by atoms with Crippen molar-refractivity contribution in [3.05, 3.63) is 38.6 Å². The molecule has 0 aromatic carbocycles. The molecule has 0 atom stereocenters. The second-order valence-electron chi connectivity index (χ2n) is 5.51. The minimum Gasteiger partial charge on any atom is -0.457 e. The van der Waals surface area contributed by atoms with E-state index in [4.69, 9.17) is 4.74 Å². The van der Waals surface area contributed by atoms with Crippen LogP contribution < -0.4 is 5.56 Å². The molecule has 7 heteroatoms. The van der Waals surface area contributed by atoms with E-state index in [-0.39, 0.29) is 24.1 Å². The molecule has 120 valence electrons. The van der Waals surface area contributed by atoms with Gasteiger partial charge in [0, 0.05) is 20.7 Å². The van der Waals surface area contributed by atoms with Crippen molar-refractivity contribution in [2.24, 2.45) is 5.92 Å². The van der Waals surface area contributed by atoms with E-state index in [1.807, 2.05) is 24.4 Å². The molecule has 0 amide bonds. The van der Waals surface area contributed by atoms with Gasteiger partial charge in [0.2, 0.25) is 0 Å². The van der Waals surface area contributed by atoms with Crippen molar-refractivity contribution in [3.8, 4) is 10.4 Å². The number of carbonyl (C=O) groups is 1. The summed E-state index contributed by atoms with van der Waals surface area (Å²) in [5.41, 5.74) is 0.704. The number of hydrogen-bond acceptors (Lipinski definition) is 6. The Morgan fingerprint density at radius 1 is 1.39 bits per heavy atom. The van der Waals surface area contributed by atoms with Crippen molar-refractivity contribution in [2.75, 3.05) is 0 Å². The third-order valence-corrected chi connectivity index (χ3v) is 5.23. The van der Waals surface area contributed by atoms with Gasteiger partial charge in [0.05, 0.1) is 11.3 Å². The summed E-state index contributed by atoms with van der Waals surface area (Å²) in [7, 11) is 0. The van der Waals surface area contributed by atoms with Crippen LogP contribution in [0.15, 0.2) is 22.3 Å². The first kappa shape index (κ1) is 15.9. The number of nitrogens with zero attached hydrogens (tertiary/aromatic N) is 1. The van der Waals surface area contributed by atoms with Crippen molar-refractivity contribution in [2.45, 2.75) is 27.4 Å². The third kappa shape index (κ3) is 3.20. The number of fused-ring (bicyclic) bond motifs is 1. The van der Waals surface area contributed by atoms with Crippen LogP contribution in [0.25, 0.3) is 20.7 Å². The van der Waals surface area contributed by atoms with Crippen LogP contribution in [0, 0.1) is 12.8 Å². The Bertz CT molecular complexity index is 921. The number of aryl methyl sites for hydroxylation is 1. The highest BCUT2D eigenvalue weighted by Gasteiger charge is 2.15. The molecule has 0 saturated heterocycles. The van der Waals surface area contributed by atoms with E-state index in [1.54, 1.807) is 25.2 Å². The lowest BCUT2D eigenvalue weighted by molar-refractivity contribution is -0.148. The smallest absolute Gasteiger partial charge is 0.308 e. The quantitative estimate of drug-likeness (QED) is 0.729. The summed E-state index contributed by atoms with van der Waals surface area (Å²) in [5.74, 6) is -0.151. The van der Waals surface area contributed by atoms with Gasteiger partial charge >= 0.3 is 5.97 Å². The Labute approximate surface area is 141 Å². The zero-order valence-corrected chi connectivity index (χ0v) is 14.6. The van der Waals surface area contributed by atoms with Crippen molar-refractivity contribution >= 4 is 38.9 Å². The zero-order chi connectivity index (χ0) is 16.6. The van der Waals surface area contributed by atoms with Gasteiger partial charge in [-0.25, -0.2) is 4.98 Å². The predicted octanol–water partition coefficient (Wildman–Crippen LogP) is 3.72. The first-order valence-corrected chi connectivity index (χ1v) is 8.89. The molecule has 3 rings (SSSR count). The van der Waals surface area contributed by atoms with Crippen LogP contribution in [-0.2, 0) is 16.1 Å². The number of nitrogens with one attached hydrogen (secondary N) is 1. The number of rotatable bonds is 4. The molecule has 3 aromatic rings. The maximum atomic E-state index is 12.4. The lowest BCUT2D eigenvalue weighted by atomic mass is 10.2. The number of H-pyrrole nitrogens is 1. The van der Waals surface area contributed by atoms with E-state index in [9.17, 15) is 9.59 Å². The average Bonchev–Trinajstić information content (AvgIpc) is 3.10. The number of thiophene rings is 2. The summed E-state index contributed by atoms with van der Waals surface area (Å²) in [6.45, 7) is 5.53. The summed E-state index contributed by atoms with van der Waals surface area (Å²) in [6.07, 6.45) is 0. The number of aromatic nitrogens is 2. The van der Waals surface area contributed by atoms with Crippen LogP contribution in [0.2, 0.25) is 0 Å². The maximum absolute atomic E-state index is 12.4. The van der Waals surface area contributed by atoms with Crippen LogP contribution in [0.1, 0.15) is 24.5 Å². The molecule has 1 N–H and O–H groups in total. The molecule has 0 unspecified atom stereocenters. The highest BCUT2D eigenvalue weighted by atomic mass is 32.1. The van der Waals surface area contributed by atoms with E-state index in [0.717, 1.165) is 10.4 Å². The van der Waals surface area contributed by atoms with Crippen molar-refractivity contribution in [1.82, 2.24) is 9.97 Å². The first-order valence-electron chi connectivity index (χ1n) is 7.19. The Morgan fingerprint density at radius 2 is 2.17 bits per heavy atom. The second-order valence-corrected chi connectivity index (χ2v) is 7.66. The standard InChI is InChI=1S/C16H16N2O3S2/c1-8(2)16(20)21-6-12-17-14(19)13-10(7-22-15(13)18-12)11-5-4-9(3)23-11/h4-5,7-8H,6H2,1-3H3,(H,17,18,19). The van der Waals surface area contributed by atoms with E-state index in [1.165, 1.54) is 16.2 Å². The summed E-state index contributed by atoms with van der Waals surface area (Å²) >= 11 is 3.07. The van der Waals surface area contributed by atoms with E-state index < -0.39 is 0 Å². The lowest BCUT2D eigenvalue weighted by Crippen LogP contribution is -2.16. The Kier molecular flexibility index (Phi) is 4.32. The molecular weight excluding hydrogens is 332 g/mol. The average molecular weight is 348 g/mol. The van der Waals surface area contributed by atoms with E-state index >= 15 is 0 Å². The number of ether oxygens (including phenoxy) is 1. The summed E-state index contributed by atoms with van der Waals surface area (Å²) < 4.78 is 5.12. The number of carbonyl (C=O) groups excluding carboxylic acids is 1. The summed E-state index contributed by atoms with van der Waals surface area (Å²) in [6, 6.07) is 4.05. The molecule has 0 bridgehead atoms. The molecule has 0 spiro atoms. The topological polar surface area (TPSA) is 72.0 Å². The van der Waals surface area contributed by atoms with Crippen LogP contribution in [0.5, 0.6) is 0 Å². The van der Waals surface area contributed by atoms with Gasteiger partial charge in [-0.1, -0.05) is 13.8 Å². The fourth-order valence-electron chi connectivity index (χ4n) is 2.13. The molecule has 3 aromatic heterocycles. The fraction of sp³-hybridized carbons (Fsp3) is 0.312. The molecular formula is C16H16N2O3S2. The molecule has 0 radical (unpaired) electrons. The van der Waals surface area contributed by atoms with Crippen molar-refractivity contribution < 1.29 is 9.53 Å². The maximum Gasteiger partial charge on any atom is 0.308 e. The van der Waals surface area contributed by atoms with E-state index in [0.29, 0.717) is 16.0 Å². The molecule has 0 aliphatic rings. The van der Waals surface area contributed by atoms with Gasteiger partial charge < -0.3 is 9.72 Å². The molecule has 3 heterocycles. The number of aromatic amines is 1. The minimum absolute atomic E-state index is 0.0203. The molecule has 0 saturated carbocycles. The summed E-state index contributed by atoms with van der Waals surface area (Å²) in [5, 5.41) is 2.54. The number of hydrogen-bond donors (Lipinski definition) is 1. The van der Waals surface area contributed by atoms with Gasteiger partial charge in [0.15, 0.2) is 0 Å². The van der Waals surface area contributed by atoms with Crippen LogP contribution >= 0.6 is 22.7 Å². The molecule has 5 nitrogen and oxygen atoms in total. The number of esters is 1. The van der Waals surface area contributed by atoms with Crippen molar-refractivity contribution in [1.29, 1.82) is 0 Å². The molecule has 0 aliphatic carbocycles. The monoisotopic (exact) mass is 348 g/mol. The Hall–Kier alpha value is -1.99. The first-order chi connectivity index (χ1) is 11.0. The lowest BCUT2D eigenvalue weighted by Gasteiger charge is -2.06. The molecule has 23 heavy (non-hydrogen) atoms. The Balaban J connectivity index is 1.95. The van der Waals surface area contributed by atoms with Crippen LogP contribution in [0.3, 0.4) is 0 Å². The van der Waals surface area contributed by atoms with E-state index in [2.05, 4.69) is 9.97 Å². The fourth-order valence-corrected chi connectivity index (χ4v) is 4.05. The largest absolute Gasteiger partial charge is 0.457 e. The van der Waals surface area contributed by atoms with Gasteiger partial charge in [-0.05, 0) is 19.1 Å². The van der Waals surface area contributed by atoms with Gasteiger partial charge in [-0.15, -0.1) is 22.7 Å². The van der Waals surface area contributed by atoms with Gasteiger partial charge in [0.25, 0.3) is 5.56 Å². The van der Waals surface area contributed by atoms with Gasteiger partial charge in [0.1, 0.15) is 17.3 Å². The van der Waals surface area contributed by atoms with Gasteiger partial charge in [-0.2, -0.15) is 0 Å².